The Labute approximate surface area is 62.1 Å². The molecule has 0 aromatic rings. The minimum atomic E-state index is 1.18. The van der Waals surface area contributed by atoms with Crippen molar-refractivity contribution in [1.82, 2.24) is 0 Å². The molecule has 0 N–H and O–H groups in total. The standard InChI is InChI=1S/C7H9.Ti/c1-6-4-3-5-7(6)2;/h3H,4H2,1-2H3;. The molecule has 0 amide bonds. The van der Waals surface area contributed by atoms with Crippen molar-refractivity contribution >= 4 is 0 Å². The molecule has 0 atom stereocenters. The first kappa shape index (κ1) is 6.32. The SMILES string of the molecule is CC1=C(C)[C]([Ti])=CC1. The second-order valence-corrected chi connectivity index (χ2v) is 3.07. The Balaban J connectivity index is 2.88. The van der Waals surface area contributed by atoms with E-state index in [1.165, 1.54) is 21.4 Å². The predicted octanol–water partition coefficient (Wildman–Crippen LogP) is 2.16. The molecule has 0 fully saturated rings. The summed E-state index contributed by atoms with van der Waals surface area (Å²) >= 11 is 2.17. The number of hydrogen-bond acceptors (Lipinski definition) is 0. The Bertz CT molecular complexity index is 158. The Hall–Kier alpha value is 0.194. The van der Waals surface area contributed by atoms with Crippen molar-refractivity contribution in [3.05, 3.63) is 21.1 Å². The van der Waals surface area contributed by atoms with Gasteiger partial charge < -0.3 is 0 Å². The fraction of sp³-hybridized carbons (Fsp3) is 0.429. The Morgan fingerprint density at radius 3 is 2.25 bits per heavy atom. The maximum absolute atomic E-state index is 2.28. The first-order valence-electron chi connectivity index (χ1n) is 2.80. The van der Waals surface area contributed by atoms with Crippen molar-refractivity contribution in [3.8, 4) is 0 Å². The zero-order valence-electron chi connectivity index (χ0n) is 5.28. The van der Waals surface area contributed by atoms with Crippen LogP contribution in [-0.2, 0) is 20.4 Å². The molecule has 41 valence electrons. The third kappa shape index (κ3) is 0.960. The fourth-order valence-corrected chi connectivity index (χ4v) is 1.28. The first-order chi connectivity index (χ1) is 3.72. The summed E-state index contributed by atoms with van der Waals surface area (Å²) < 4.78 is 1.46. The van der Waals surface area contributed by atoms with Gasteiger partial charge in [-0.1, -0.05) is 0 Å². The quantitative estimate of drug-likeness (QED) is 0.453. The van der Waals surface area contributed by atoms with Crippen molar-refractivity contribution in [1.29, 1.82) is 0 Å². The predicted molar refractivity (Wildman–Crippen MR) is 31.1 cm³/mol. The second-order valence-electron chi connectivity index (χ2n) is 2.23. The summed E-state index contributed by atoms with van der Waals surface area (Å²) in [7, 11) is 0. The monoisotopic (exact) mass is 141 g/mol. The van der Waals surface area contributed by atoms with Gasteiger partial charge in [-0.15, -0.1) is 0 Å². The van der Waals surface area contributed by atoms with Crippen LogP contribution in [0.25, 0.3) is 0 Å². The molecule has 1 aliphatic carbocycles. The topological polar surface area (TPSA) is 0 Å². The van der Waals surface area contributed by atoms with E-state index in [1.807, 2.05) is 0 Å². The van der Waals surface area contributed by atoms with Gasteiger partial charge in [-0.05, 0) is 0 Å². The average molecular weight is 141 g/mol. The summed E-state index contributed by atoms with van der Waals surface area (Å²) in [6.45, 7) is 4.39. The van der Waals surface area contributed by atoms with E-state index in [0.29, 0.717) is 0 Å². The van der Waals surface area contributed by atoms with Crippen LogP contribution in [0.4, 0.5) is 0 Å². The van der Waals surface area contributed by atoms with Crippen LogP contribution < -0.4 is 0 Å². The molecule has 0 heterocycles. The molecule has 1 rings (SSSR count). The summed E-state index contributed by atoms with van der Waals surface area (Å²) in [5.41, 5.74) is 3.02. The molecular formula is C7H9Ti. The minimum absolute atomic E-state index is 1.18. The summed E-state index contributed by atoms with van der Waals surface area (Å²) in [5.74, 6) is 0. The van der Waals surface area contributed by atoms with Gasteiger partial charge in [0.05, 0.1) is 0 Å². The number of rotatable bonds is 0. The van der Waals surface area contributed by atoms with Gasteiger partial charge in [0.2, 0.25) is 0 Å². The zero-order chi connectivity index (χ0) is 6.15. The van der Waals surface area contributed by atoms with Crippen LogP contribution in [0, 0.1) is 0 Å². The van der Waals surface area contributed by atoms with Gasteiger partial charge in [-0.3, -0.25) is 0 Å². The number of hydrogen-bond donors (Lipinski definition) is 0. The summed E-state index contributed by atoms with van der Waals surface area (Å²) in [5, 5.41) is 0. The fourth-order valence-electron chi connectivity index (χ4n) is 0.791. The molecule has 0 nitrogen and oxygen atoms in total. The van der Waals surface area contributed by atoms with E-state index in [1.54, 1.807) is 0 Å². The van der Waals surface area contributed by atoms with Gasteiger partial charge in [-0.25, -0.2) is 0 Å². The van der Waals surface area contributed by atoms with Crippen molar-refractivity contribution in [2.24, 2.45) is 0 Å². The Kier molecular flexibility index (Phi) is 1.74. The van der Waals surface area contributed by atoms with Crippen molar-refractivity contribution in [2.75, 3.05) is 0 Å². The van der Waals surface area contributed by atoms with Gasteiger partial charge in [0.25, 0.3) is 0 Å². The van der Waals surface area contributed by atoms with E-state index >= 15 is 0 Å². The van der Waals surface area contributed by atoms with Gasteiger partial charge in [0.15, 0.2) is 0 Å². The molecular weight excluding hydrogens is 132 g/mol. The molecule has 0 unspecified atom stereocenters. The van der Waals surface area contributed by atoms with Crippen LogP contribution in [0.2, 0.25) is 0 Å². The van der Waals surface area contributed by atoms with Gasteiger partial charge >= 0.3 is 61.8 Å². The molecule has 0 radical (unpaired) electrons. The molecule has 0 saturated carbocycles. The van der Waals surface area contributed by atoms with Crippen LogP contribution >= 0.6 is 0 Å². The van der Waals surface area contributed by atoms with E-state index < -0.39 is 0 Å². The molecule has 0 aliphatic heterocycles. The molecule has 8 heavy (non-hydrogen) atoms. The van der Waals surface area contributed by atoms with Crippen LogP contribution in [0.3, 0.4) is 0 Å². The Morgan fingerprint density at radius 2 is 2.12 bits per heavy atom. The summed E-state index contributed by atoms with van der Waals surface area (Å²) in [6.07, 6.45) is 3.46. The van der Waals surface area contributed by atoms with E-state index in [0.717, 1.165) is 0 Å². The maximum atomic E-state index is 2.28. The molecule has 0 spiro atoms. The van der Waals surface area contributed by atoms with Gasteiger partial charge in [0, 0.05) is 0 Å². The van der Waals surface area contributed by atoms with E-state index in [-0.39, 0.29) is 0 Å². The van der Waals surface area contributed by atoms with E-state index in [9.17, 15) is 0 Å². The first-order valence-corrected chi connectivity index (χ1v) is 3.58. The van der Waals surface area contributed by atoms with Crippen LogP contribution in [0.5, 0.6) is 0 Å². The zero-order valence-corrected chi connectivity index (χ0v) is 6.85. The van der Waals surface area contributed by atoms with Crippen LogP contribution in [0.15, 0.2) is 21.1 Å². The second kappa shape index (κ2) is 2.20. The van der Waals surface area contributed by atoms with Crippen molar-refractivity contribution in [3.63, 3.8) is 0 Å². The molecule has 1 heteroatoms. The molecule has 1 aliphatic rings. The van der Waals surface area contributed by atoms with Crippen molar-refractivity contribution in [2.45, 2.75) is 20.3 Å². The normalized spacial score (nSPS) is 19.4. The molecule has 0 saturated heterocycles. The molecule has 0 aromatic heterocycles. The molecule has 0 aromatic carbocycles. The summed E-state index contributed by atoms with van der Waals surface area (Å²) in [4.78, 5) is 0. The summed E-state index contributed by atoms with van der Waals surface area (Å²) in [6, 6.07) is 0. The van der Waals surface area contributed by atoms with Crippen LogP contribution in [-0.4, -0.2) is 0 Å². The average Bonchev–Trinajstić information content (AvgIpc) is 1.98. The van der Waals surface area contributed by atoms with Crippen molar-refractivity contribution < 1.29 is 20.4 Å². The van der Waals surface area contributed by atoms with Gasteiger partial charge in [-0.2, -0.15) is 0 Å². The third-order valence-electron chi connectivity index (χ3n) is 1.66. The third-order valence-corrected chi connectivity index (χ3v) is 2.56. The Morgan fingerprint density at radius 1 is 1.50 bits per heavy atom. The van der Waals surface area contributed by atoms with Gasteiger partial charge in [0.1, 0.15) is 0 Å². The number of allylic oxidation sites excluding steroid dienone is 4. The van der Waals surface area contributed by atoms with E-state index in [4.69, 9.17) is 0 Å². The van der Waals surface area contributed by atoms with E-state index in [2.05, 4.69) is 40.4 Å². The molecule has 0 bridgehead atoms. The van der Waals surface area contributed by atoms with Crippen LogP contribution in [0.1, 0.15) is 20.3 Å².